The van der Waals surface area contributed by atoms with E-state index in [1.807, 2.05) is 47.3 Å². The number of nitrogens with zero attached hydrogens (tertiary/aromatic N) is 3. The summed E-state index contributed by atoms with van der Waals surface area (Å²) >= 11 is 0. The summed E-state index contributed by atoms with van der Waals surface area (Å²) in [7, 11) is 0. The number of benzene rings is 2. The Bertz CT molecular complexity index is 915. The number of fused-ring (bicyclic) bond motifs is 1. The van der Waals surface area contributed by atoms with Gasteiger partial charge in [0.2, 0.25) is 5.91 Å². The molecule has 27 heavy (non-hydrogen) atoms. The number of para-hydroxylation sites is 1. The topological polar surface area (TPSA) is 59.4 Å². The van der Waals surface area contributed by atoms with Crippen molar-refractivity contribution in [3.05, 3.63) is 60.3 Å². The Hall–Kier alpha value is -2.70. The van der Waals surface area contributed by atoms with E-state index >= 15 is 0 Å². The third-order valence-electron chi connectivity index (χ3n) is 4.82. The van der Waals surface area contributed by atoms with E-state index in [0.29, 0.717) is 13.0 Å². The summed E-state index contributed by atoms with van der Waals surface area (Å²) in [6.07, 6.45) is 2.22. The van der Waals surface area contributed by atoms with Gasteiger partial charge in [-0.05, 0) is 23.8 Å². The zero-order valence-electron chi connectivity index (χ0n) is 15.3. The standard InChI is InChI=1S/C21H24N4O2/c26-21(8-9-25-20-7-2-1-5-18(20)15-22-25)23-19-6-3-4-17(14-19)16-24-10-12-27-13-11-24/h1-7,14-15H,8-13,16H2,(H,23,26). The first kappa shape index (κ1) is 17.7. The van der Waals surface area contributed by atoms with E-state index in [2.05, 4.69) is 27.4 Å². The number of amides is 1. The van der Waals surface area contributed by atoms with Gasteiger partial charge in [0.15, 0.2) is 0 Å². The molecule has 1 saturated heterocycles. The molecule has 1 aliphatic heterocycles. The predicted molar refractivity (Wildman–Crippen MR) is 106 cm³/mol. The molecular formula is C21H24N4O2. The first-order valence-corrected chi connectivity index (χ1v) is 9.37. The largest absolute Gasteiger partial charge is 0.379 e. The highest BCUT2D eigenvalue weighted by Crippen LogP contribution is 2.15. The van der Waals surface area contributed by atoms with Crippen molar-refractivity contribution in [1.82, 2.24) is 14.7 Å². The quantitative estimate of drug-likeness (QED) is 0.731. The molecule has 1 fully saturated rings. The van der Waals surface area contributed by atoms with E-state index in [4.69, 9.17) is 4.74 Å². The van der Waals surface area contributed by atoms with Gasteiger partial charge in [0.25, 0.3) is 0 Å². The second-order valence-electron chi connectivity index (χ2n) is 6.81. The smallest absolute Gasteiger partial charge is 0.226 e. The maximum Gasteiger partial charge on any atom is 0.226 e. The summed E-state index contributed by atoms with van der Waals surface area (Å²) in [5.74, 6) is -0.00176. The van der Waals surface area contributed by atoms with Crippen molar-refractivity contribution in [3.63, 3.8) is 0 Å². The molecule has 0 unspecified atom stereocenters. The molecule has 1 aliphatic rings. The summed E-state index contributed by atoms with van der Waals surface area (Å²) in [5.41, 5.74) is 3.10. The van der Waals surface area contributed by atoms with E-state index in [1.165, 1.54) is 5.56 Å². The number of anilines is 1. The van der Waals surface area contributed by atoms with Crippen LogP contribution in [0, 0.1) is 0 Å². The minimum Gasteiger partial charge on any atom is -0.379 e. The van der Waals surface area contributed by atoms with Crippen molar-refractivity contribution >= 4 is 22.5 Å². The summed E-state index contributed by atoms with van der Waals surface area (Å²) in [6, 6.07) is 16.1. The van der Waals surface area contributed by atoms with E-state index in [1.54, 1.807) is 0 Å². The molecule has 0 bridgehead atoms. The van der Waals surface area contributed by atoms with Crippen LogP contribution in [0.5, 0.6) is 0 Å². The SMILES string of the molecule is O=C(CCn1ncc2ccccc21)Nc1cccc(CN2CCOCC2)c1. The number of hydrogen-bond acceptors (Lipinski definition) is 4. The fourth-order valence-electron chi connectivity index (χ4n) is 3.40. The molecule has 3 aromatic rings. The normalized spacial score (nSPS) is 15.1. The molecule has 6 nitrogen and oxygen atoms in total. The highest BCUT2D eigenvalue weighted by molar-refractivity contribution is 5.90. The van der Waals surface area contributed by atoms with Gasteiger partial charge in [-0.3, -0.25) is 14.4 Å². The van der Waals surface area contributed by atoms with Crippen LogP contribution in [0.15, 0.2) is 54.7 Å². The van der Waals surface area contributed by atoms with E-state index in [0.717, 1.165) is 49.4 Å². The van der Waals surface area contributed by atoms with Gasteiger partial charge in [-0.25, -0.2) is 0 Å². The number of rotatable bonds is 6. The molecule has 0 saturated carbocycles. The first-order valence-electron chi connectivity index (χ1n) is 9.37. The lowest BCUT2D eigenvalue weighted by Gasteiger charge is -2.26. The predicted octanol–water partition coefficient (Wildman–Crippen LogP) is 2.90. The van der Waals surface area contributed by atoms with Crippen LogP contribution >= 0.6 is 0 Å². The fraction of sp³-hybridized carbons (Fsp3) is 0.333. The third kappa shape index (κ3) is 4.53. The Morgan fingerprint density at radius 1 is 1.11 bits per heavy atom. The average Bonchev–Trinajstić information content (AvgIpc) is 3.11. The van der Waals surface area contributed by atoms with Gasteiger partial charge in [0, 0.05) is 37.1 Å². The van der Waals surface area contributed by atoms with Gasteiger partial charge in [-0.1, -0.05) is 30.3 Å². The molecule has 140 valence electrons. The summed E-state index contributed by atoms with van der Waals surface area (Å²) in [6.45, 7) is 4.93. The molecule has 1 N–H and O–H groups in total. The summed E-state index contributed by atoms with van der Waals surface area (Å²) in [4.78, 5) is 14.7. The van der Waals surface area contributed by atoms with Gasteiger partial charge in [0.05, 0.1) is 31.5 Å². The van der Waals surface area contributed by atoms with Crippen LogP contribution in [0.4, 0.5) is 5.69 Å². The number of aromatic nitrogens is 2. The van der Waals surface area contributed by atoms with Crippen molar-refractivity contribution < 1.29 is 9.53 Å². The molecule has 0 radical (unpaired) electrons. The highest BCUT2D eigenvalue weighted by atomic mass is 16.5. The second-order valence-corrected chi connectivity index (χ2v) is 6.81. The molecule has 0 atom stereocenters. The molecule has 1 aromatic heterocycles. The zero-order chi connectivity index (χ0) is 18.5. The third-order valence-corrected chi connectivity index (χ3v) is 4.82. The average molecular weight is 364 g/mol. The number of aryl methyl sites for hydroxylation is 1. The molecule has 0 aliphatic carbocycles. The maximum absolute atomic E-state index is 12.4. The number of carbonyl (C=O) groups excluding carboxylic acids is 1. The van der Waals surface area contributed by atoms with E-state index in [-0.39, 0.29) is 5.91 Å². The summed E-state index contributed by atoms with van der Waals surface area (Å²) < 4.78 is 7.27. The fourth-order valence-corrected chi connectivity index (χ4v) is 3.40. The minimum absolute atomic E-state index is 0.00176. The van der Waals surface area contributed by atoms with Crippen molar-refractivity contribution in [2.45, 2.75) is 19.5 Å². The number of hydrogen-bond donors (Lipinski definition) is 1. The number of ether oxygens (including phenoxy) is 1. The minimum atomic E-state index is -0.00176. The van der Waals surface area contributed by atoms with E-state index < -0.39 is 0 Å². The number of carbonyl (C=O) groups is 1. The highest BCUT2D eigenvalue weighted by Gasteiger charge is 2.11. The van der Waals surface area contributed by atoms with Crippen LogP contribution < -0.4 is 5.32 Å². The van der Waals surface area contributed by atoms with Crippen LogP contribution in [0.2, 0.25) is 0 Å². The number of morpholine rings is 1. The Morgan fingerprint density at radius 3 is 2.85 bits per heavy atom. The Kier molecular flexibility index (Phi) is 5.46. The van der Waals surface area contributed by atoms with Crippen LogP contribution in [0.25, 0.3) is 10.9 Å². The zero-order valence-corrected chi connectivity index (χ0v) is 15.3. The molecule has 1 amide bonds. The van der Waals surface area contributed by atoms with Gasteiger partial charge >= 0.3 is 0 Å². The van der Waals surface area contributed by atoms with E-state index in [9.17, 15) is 4.79 Å². The molecule has 6 heteroatoms. The van der Waals surface area contributed by atoms with Gasteiger partial charge in [0.1, 0.15) is 0 Å². The van der Waals surface area contributed by atoms with Crippen molar-refractivity contribution in [1.29, 1.82) is 0 Å². The monoisotopic (exact) mass is 364 g/mol. The Labute approximate surface area is 158 Å². The number of nitrogens with one attached hydrogen (secondary N) is 1. The lowest BCUT2D eigenvalue weighted by Crippen LogP contribution is -2.35. The molecule has 4 rings (SSSR count). The lowest BCUT2D eigenvalue weighted by molar-refractivity contribution is -0.116. The molecular weight excluding hydrogens is 340 g/mol. The summed E-state index contributed by atoms with van der Waals surface area (Å²) in [5, 5.41) is 8.47. The molecule has 0 spiro atoms. The van der Waals surface area contributed by atoms with Gasteiger partial charge in [-0.2, -0.15) is 5.10 Å². The van der Waals surface area contributed by atoms with Crippen LogP contribution in [-0.2, 0) is 22.6 Å². The van der Waals surface area contributed by atoms with Gasteiger partial charge < -0.3 is 10.1 Å². The second kappa shape index (κ2) is 8.33. The Balaban J connectivity index is 1.33. The van der Waals surface area contributed by atoms with Crippen molar-refractivity contribution in [3.8, 4) is 0 Å². The molecule has 2 aromatic carbocycles. The first-order chi connectivity index (χ1) is 13.3. The molecule has 2 heterocycles. The van der Waals surface area contributed by atoms with Gasteiger partial charge in [-0.15, -0.1) is 0 Å². The van der Waals surface area contributed by atoms with Crippen LogP contribution in [0.3, 0.4) is 0 Å². The van der Waals surface area contributed by atoms with Crippen LogP contribution in [0.1, 0.15) is 12.0 Å². The van der Waals surface area contributed by atoms with Crippen molar-refractivity contribution in [2.24, 2.45) is 0 Å². The maximum atomic E-state index is 12.4. The van der Waals surface area contributed by atoms with Crippen LogP contribution in [-0.4, -0.2) is 46.9 Å². The Morgan fingerprint density at radius 2 is 1.96 bits per heavy atom. The van der Waals surface area contributed by atoms with Crippen molar-refractivity contribution in [2.75, 3.05) is 31.6 Å². The lowest BCUT2D eigenvalue weighted by atomic mass is 10.1.